The van der Waals surface area contributed by atoms with E-state index in [0.717, 1.165) is 11.8 Å². The van der Waals surface area contributed by atoms with Gasteiger partial charge >= 0.3 is 11.0 Å². The smallest absolute Gasteiger partial charge is 0.328 e. The topological polar surface area (TPSA) is 170 Å². The third-order valence-electron chi connectivity index (χ3n) is 2.09. The number of nitro groups is 1. The predicted octanol–water partition coefficient (Wildman–Crippen LogP) is 0.766. The lowest BCUT2D eigenvalue weighted by Gasteiger charge is -2.01. The second-order valence-corrected chi connectivity index (χ2v) is 5.55. The van der Waals surface area contributed by atoms with Gasteiger partial charge in [0, 0.05) is 6.42 Å². The highest BCUT2D eigenvalue weighted by atomic mass is 32.2. The number of thioether (sulfide) groups is 2. The minimum absolute atomic E-state index is 0.0249. The SMILES string of the molecule is CSC(=C(N)CCSCc1noc(NC(=N)N)n1)[N+](=O)[O-]. The van der Waals surface area contributed by atoms with E-state index in [0.29, 0.717) is 23.8 Å². The number of nitrogens with two attached hydrogens (primary N) is 2. The second-order valence-electron chi connectivity index (χ2n) is 3.65. The van der Waals surface area contributed by atoms with E-state index < -0.39 is 4.92 Å². The molecule has 0 aliphatic carbocycles. The molecular formula is C9H15N7O3S2. The number of allylic oxidation sites excluding steroid dienone is 1. The zero-order valence-electron chi connectivity index (χ0n) is 11.2. The summed E-state index contributed by atoms with van der Waals surface area (Å²) in [5.41, 5.74) is 11.0. The largest absolute Gasteiger partial charge is 0.396 e. The van der Waals surface area contributed by atoms with Gasteiger partial charge in [0.15, 0.2) is 11.8 Å². The highest BCUT2D eigenvalue weighted by molar-refractivity contribution is 8.02. The first-order chi connectivity index (χ1) is 9.93. The molecule has 0 atom stereocenters. The highest BCUT2D eigenvalue weighted by Crippen LogP contribution is 2.19. The molecule has 12 heteroatoms. The molecule has 0 aliphatic rings. The minimum atomic E-state index is -0.483. The van der Waals surface area contributed by atoms with Gasteiger partial charge in [0.05, 0.1) is 16.4 Å². The third-order valence-corrected chi connectivity index (χ3v) is 3.84. The monoisotopic (exact) mass is 333 g/mol. The summed E-state index contributed by atoms with van der Waals surface area (Å²) in [5.74, 6) is 1.20. The Hall–Kier alpha value is -1.95. The molecule has 0 unspecified atom stereocenters. The van der Waals surface area contributed by atoms with Crippen LogP contribution in [0.2, 0.25) is 0 Å². The van der Waals surface area contributed by atoms with Crippen molar-refractivity contribution in [3.8, 4) is 0 Å². The first-order valence-corrected chi connectivity index (χ1v) is 8.00. The highest BCUT2D eigenvalue weighted by Gasteiger charge is 2.14. The molecule has 1 heterocycles. The maximum Gasteiger partial charge on any atom is 0.328 e. The maximum atomic E-state index is 10.7. The number of anilines is 1. The normalized spacial score (nSPS) is 11.9. The van der Waals surface area contributed by atoms with Crippen LogP contribution < -0.4 is 16.8 Å². The standard InChI is InChI=1S/C9H15N7O3S2/c1-20-7(16(17)18)5(10)2-3-21-4-6-13-9(19-15-6)14-8(11)12/h2-4,10H2,1H3,(H4,11,12,13,14,15). The average molecular weight is 333 g/mol. The number of hydrogen-bond donors (Lipinski definition) is 4. The van der Waals surface area contributed by atoms with Crippen molar-refractivity contribution in [2.75, 3.05) is 17.3 Å². The van der Waals surface area contributed by atoms with Gasteiger partial charge in [-0.05, 0) is 12.0 Å². The summed E-state index contributed by atoms with van der Waals surface area (Å²) in [6.07, 6.45) is 2.01. The Balaban J connectivity index is 2.39. The Morgan fingerprint density at radius 3 is 2.86 bits per heavy atom. The molecule has 1 aromatic rings. The lowest BCUT2D eigenvalue weighted by atomic mass is 10.4. The van der Waals surface area contributed by atoms with E-state index in [4.69, 9.17) is 21.4 Å². The van der Waals surface area contributed by atoms with E-state index in [1.165, 1.54) is 11.8 Å². The van der Waals surface area contributed by atoms with Crippen LogP contribution >= 0.6 is 23.5 Å². The third kappa shape index (κ3) is 5.91. The van der Waals surface area contributed by atoms with Crippen molar-refractivity contribution in [2.45, 2.75) is 12.2 Å². The molecule has 0 amide bonds. The molecule has 21 heavy (non-hydrogen) atoms. The molecule has 0 saturated carbocycles. The summed E-state index contributed by atoms with van der Waals surface area (Å²) in [6, 6.07) is 0.0514. The molecule has 6 N–H and O–H groups in total. The van der Waals surface area contributed by atoms with Crippen molar-refractivity contribution < 1.29 is 9.45 Å². The number of hydrogen-bond acceptors (Lipinski definition) is 9. The van der Waals surface area contributed by atoms with Crippen molar-refractivity contribution in [3.63, 3.8) is 0 Å². The lowest BCUT2D eigenvalue weighted by molar-refractivity contribution is -0.411. The van der Waals surface area contributed by atoms with Crippen LogP contribution in [0.3, 0.4) is 0 Å². The van der Waals surface area contributed by atoms with Crippen molar-refractivity contribution >= 4 is 35.5 Å². The number of nitrogens with zero attached hydrogens (tertiary/aromatic N) is 3. The van der Waals surface area contributed by atoms with Crippen molar-refractivity contribution in [3.05, 3.63) is 26.7 Å². The van der Waals surface area contributed by atoms with E-state index in [1.54, 1.807) is 6.26 Å². The van der Waals surface area contributed by atoms with Gasteiger partial charge in [-0.15, -0.1) is 0 Å². The van der Waals surface area contributed by atoms with Crippen LogP contribution in [0.5, 0.6) is 0 Å². The van der Waals surface area contributed by atoms with Crippen LogP contribution in [-0.2, 0) is 5.75 Å². The van der Waals surface area contributed by atoms with E-state index in [9.17, 15) is 10.1 Å². The van der Waals surface area contributed by atoms with E-state index in [-0.39, 0.29) is 22.7 Å². The molecule has 0 bridgehead atoms. The zero-order valence-corrected chi connectivity index (χ0v) is 12.8. The zero-order chi connectivity index (χ0) is 15.8. The predicted molar refractivity (Wildman–Crippen MR) is 82.3 cm³/mol. The summed E-state index contributed by atoms with van der Waals surface area (Å²) in [6.45, 7) is 0. The van der Waals surface area contributed by atoms with Crippen LogP contribution in [0.4, 0.5) is 6.01 Å². The van der Waals surface area contributed by atoms with Crippen molar-refractivity contribution in [2.24, 2.45) is 11.5 Å². The van der Waals surface area contributed by atoms with Crippen molar-refractivity contribution in [1.82, 2.24) is 10.1 Å². The van der Waals surface area contributed by atoms with Crippen LogP contribution in [-0.4, -0.2) is 33.0 Å². The van der Waals surface area contributed by atoms with E-state index in [1.807, 2.05) is 0 Å². The minimum Gasteiger partial charge on any atom is -0.396 e. The second kappa shape index (κ2) is 8.36. The molecule has 0 aromatic carbocycles. The summed E-state index contributed by atoms with van der Waals surface area (Å²) in [7, 11) is 0. The summed E-state index contributed by atoms with van der Waals surface area (Å²) in [4.78, 5) is 14.2. The Labute approximate surface area is 128 Å². The van der Waals surface area contributed by atoms with Gasteiger partial charge in [-0.2, -0.15) is 16.7 Å². The van der Waals surface area contributed by atoms with Crippen LogP contribution in [0, 0.1) is 15.5 Å². The first-order valence-electron chi connectivity index (χ1n) is 5.62. The summed E-state index contributed by atoms with van der Waals surface area (Å²) in [5, 5.41) is 23.7. The molecule has 10 nitrogen and oxygen atoms in total. The first kappa shape index (κ1) is 17.1. The number of guanidine groups is 1. The summed E-state index contributed by atoms with van der Waals surface area (Å²) >= 11 is 2.48. The van der Waals surface area contributed by atoms with Gasteiger partial charge in [-0.25, -0.2) is 0 Å². The molecule has 1 rings (SSSR count). The molecular weight excluding hydrogens is 318 g/mol. The van der Waals surface area contributed by atoms with Gasteiger partial charge in [-0.1, -0.05) is 16.9 Å². The van der Waals surface area contributed by atoms with Crippen LogP contribution in [0.15, 0.2) is 15.2 Å². The molecule has 1 aromatic heterocycles. The molecule has 0 saturated heterocycles. The summed E-state index contributed by atoms with van der Waals surface area (Å²) < 4.78 is 4.81. The Morgan fingerprint density at radius 1 is 1.57 bits per heavy atom. The maximum absolute atomic E-state index is 10.7. The van der Waals surface area contributed by atoms with E-state index in [2.05, 4.69) is 15.5 Å². The lowest BCUT2D eigenvalue weighted by Crippen LogP contribution is -2.20. The van der Waals surface area contributed by atoms with Gasteiger partial charge in [0.1, 0.15) is 0 Å². The van der Waals surface area contributed by atoms with Gasteiger partial charge in [0.2, 0.25) is 0 Å². The molecule has 0 fully saturated rings. The fourth-order valence-electron chi connectivity index (χ4n) is 1.25. The van der Waals surface area contributed by atoms with E-state index >= 15 is 0 Å². The van der Waals surface area contributed by atoms with Gasteiger partial charge < -0.3 is 16.0 Å². The fraction of sp³-hybridized carbons (Fsp3) is 0.444. The number of rotatable bonds is 8. The average Bonchev–Trinajstić information content (AvgIpc) is 2.81. The molecule has 116 valence electrons. The van der Waals surface area contributed by atoms with Crippen LogP contribution in [0.1, 0.15) is 12.2 Å². The Kier molecular flexibility index (Phi) is 6.81. The molecule has 0 radical (unpaired) electrons. The van der Waals surface area contributed by atoms with Gasteiger partial charge in [-0.3, -0.25) is 20.8 Å². The fourth-order valence-corrected chi connectivity index (χ4v) is 2.58. The molecule has 0 aliphatic heterocycles. The van der Waals surface area contributed by atoms with Gasteiger partial charge in [0.25, 0.3) is 0 Å². The quantitative estimate of drug-likeness (QED) is 0.175. The Bertz CT molecular complexity index is 545. The van der Waals surface area contributed by atoms with Crippen molar-refractivity contribution in [1.29, 1.82) is 5.41 Å². The van der Waals surface area contributed by atoms with Crippen LogP contribution in [0.25, 0.3) is 0 Å². The number of aromatic nitrogens is 2. The Morgan fingerprint density at radius 2 is 2.29 bits per heavy atom. The molecule has 0 spiro atoms. The number of nitrogens with one attached hydrogen (secondary N) is 2.